The van der Waals surface area contributed by atoms with E-state index in [-0.39, 0.29) is 11.8 Å². The first kappa shape index (κ1) is 13.2. The van der Waals surface area contributed by atoms with Crippen molar-refractivity contribution < 1.29 is 4.79 Å². The van der Waals surface area contributed by atoms with Crippen LogP contribution in [0.25, 0.3) is 5.82 Å². The fourth-order valence-electron chi connectivity index (χ4n) is 1.59. The summed E-state index contributed by atoms with van der Waals surface area (Å²) in [6.45, 7) is 2.50. The second-order valence-corrected chi connectivity index (χ2v) is 4.19. The Bertz CT molecular complexity index is 522. The summed E-state index contributed by atoms with van der Waals surface area (Å²) in [4.78, 5) is 19.9. The van der Waals surface area contributed by atoms with E-state index in [4.69, 9.17) is 0 Å². The molecule has 2 aromatic rings. The zero-order valence-electron chi connectivity index (χ0n) is 10.9. The lowest BCUT2D eigenvalue weighted by molar-refractivity contribution is -0.119. The molecule has 0 saturated carbocycles. The molecule has 19 heavy (non-hydrogen) atoms. The highest BCUT2D eigenvalue weighted by molar-refractivity contribution is 5.92. The topological polar surface area (TPSA) is 84.7 Å². The number of hydrogen-bond acceptors (Lipinski definition) is 5. The van der Waals surface area contributed by atoms with Gasteiger partial charge in [0.1, 0.15) is 12.7 Å². The molecule has 0 aliphatic heterocycles. The van der Waals surface area contributed by atoms with Crippen molar-refractivity contribution in [1.29, 1.82) is 0 Å². The highest BCUT2D eigenvalue weighted by atomic mass is 16.1. The summed E-state index contributed by atoms with van der Waals surface area (Å²) < 4.78 is 1.55. The second kappa shape index (κ2) is 6.05. The van der Waals surface area contributed by atoms with Crippen LogP contribution >= 0.6 is 0 Å². The molecule has 0 saturated heterocycles. The van der Waals surface area contributed by atoms with Crippen LogP contribution in [0.1, 0.15) is 6.92 Å². The van der Waals surface area contributed by atoms with Crippen molar-refractivity contribution in [2.75, 3.05) is 18.9 Å². The Morgan fingerprint density at radius 1 is 1.47 bits per heavy atom. The number of pyridine rings is 1. The zero-order chi connectivity index (χ0) is 13.7. The smallest absolute Gasteiger partial charge is 0.228 e. The predicted molar refractivity (Wildman–Crippen MR) is 70.9 cm³/mol. The van der Waals surface area contributed by atoms with Gasteiger partial charge in [-0.25, -0.2) is 14.6 Å². The van der Waals surface area contributed by atoms with Gasteiger partial charge in [-0.1, -0.05) is 6.92 Å². The van der Waals surface area contributed by atoms with Crippen molar-refractivity contribution in [2.24, 2.45) is 5.92 Å². The average molecular weight is 260 g/mol. The second-order valence-electron chi connectivity index (χ2n) is 4.19. The van der Waals surface area contributed by atoms with Gasteiger partial charge in [0.15, 0.2) is 5.82 Å². The Hall–Kier alpha value is -2.28. The molecule has 100 valence electrons. The number of carbonyl (C=O) groups is 1. The Morgan fingerprint density at radius 2 is 2.32 bits per heavy atom. The third-order valence-corrected chi connectivity index (χ3v) is 2.63. The lowest BCUT2D eigenvalue weighted by atomic mass is 10.1. The van der Waals surface area contributed by atoms with Crippen molar-refractivity contribution in [2.45, 2.75) is 6.92 Å². The molecule has 7 heteroatoms. The molecule has 1 atom stereocenters. The Morgan fingerprint density at radius 3 is 2.89 bits per heavy atom. The van der Waals surface area contributed by atoms with Crippen molar-refractivity contribution >= 4 is 11.6 Å². The summed E-state index contributed by atoms with van der Waals surface area (Å²) in [6.07, 6.45) is 4.60. The van der Waals surface area contributed by atoms with Crippen LogP contribution in [0.5, 0.6) is 0 Å². The number of hydrogen-bond donors (Lipinski definition) is 2. The fraction of sp³-hybridized carbons (Fsp3) is 0.333. The maximum Gasteiger partial charge on any atom is 0.228 e. The third kappa shape index (κ3) is 3.35. The highest BCUT2D eigenvalue weighted by Gasteiger charge is 2.11. The van der Waals surface area contributed by atoms with E-state index in [0.29, 0.717) is 18.1 Å². The largest absolute Gasteiger partial charge is 0.324 e. The van der Waals surface area contributed by atoms with E-state index >= 15 is 0 Å². The lowest BCUT2D eigenvalue weighted by Crippen LogP contribution is -2.28. The van der Waals surface area contributed by atoms with E-state index in [0.717, 1.165) is 0 Å². The molecule has 0 bridgehead atoms. The summed E-state index contributed by atoms with van der Waals surface area (Å²) in [5.74, 6) is 0.517. The molecule has 0 spiro atoms. The normalized spacial score (nSPS) is 12.1. The first-order valence-corrected chi connectivity index (χ1v) is 5.97. The van der Waals surface area contributed by atoms with Gasteiger partial charge in [0.2, 0.25) is 5.91 Å². The molecule has 0 radical (unpaired) electrons. The Balaban J connectivity index is 2.01. The summed E-state index contributed by atoms with van der Waals surface area (Å²) >= 11 is 0. The van der Waals surface area contributed by atoms with Crippen molar-refractivity contribution in [3.8, 4) is 5.82 Å². The minimum absolute atomic E-state index is 0.0374. The molecule has 1 amide bonds. The van der Waals surface area contributed by atoms with Crippen LogP contribution in [0.2, 0.25) is 0 Å². The summed E-state index contributed by atoms with van der Waals surface area (Å²) in [5, 5.41) is 9.76. The number of rotatable bonds is 5. The maximum absolute atomic E-state index is 11.8. The van der Waals surface area contributed by atoms with Crippen molar-refractivity contribution in [1.82, 2.24) is 25.1 Å². The maximum atomic E-state index is 11.8. The van der Waals surface area contributed by atoms with Gasteiger partial charge in [-0.3, -0.25) is 4.79 Å². The minimum Gasteiger partial charge on any atom is -0.324 e. The Kier molecular flexibility index (Phi) is 4.19. The highest BCUT2D eigenvalue weighted by Crippen LogP contribution is 2.10. The molecule has 2 N–H and O–H groups in total. The molecule has 0 aromatic carbocycles. The molecular formula is C12H16N6O. The van der Waals surface area contributed by atoms with Gasteiger partial charge in [-0.15, -0.1) is 0 Å². The van der Waals surface area contributed by atoms with Gasteiger partial charge >= 0.3 is 0 Å². The molecule has 2 rings (SSSR count). The predicted octanol–water partition coefficient (Wildman–Crippen LogP) is 0.456. The number of carbonyl (C=O) groups excluding carboxylic acids is 1. The molecule has 7 nitrogen and oxygen atoms in total. The minimum atomic E-state index is -0.0972. The molecule has 0 fully saturated rings. The van der Waals surface area contributed by atoms with Gasteiger partial charge in [0, 0.05) is 12.5 Å². The molecular weight excluding hydrogens is 244 g/mol. The SMILES string of the molecule is CNCC(C)C(=O)Nc1ccc(-n2cncn2)nc1. The lowest BCUT2D eigenvalue weighted by Gasteiger charge is -2.11. The summed E-state index contributed by atoms with van der Waals surface area (Å²) in [7, 11) is 1.82. The van der Waals surface area contributed by atoms with E-state index in [1.54, 1.807) is 29.3 Å². The van der Waals surface area contributed by atoms with Crippen molar-refractivity contribution in [3.05, 3.63) is 31.0 Å². The van der Waals surface area contributed by atoms with E-state index in [2.05, 4.69) is 25.7 Å². The van der Waals surface area contributed by atoms with Gasteiger partial charge in [0.25, 0.3) is 0 Å². The van der Waals surface area contributed by atoms with Gasteiger partial charge < -0.3 is 10.6 Å². The van der Waals surface area contributed by atoms with Gasteiger partial charge in [-0.05, 0) is 19.2 Å². The van der Waals surface area contributed by atoms with Crippen LogP contribution < -0.4 is 10.6 Å². The van der Waals surface area contributed by atoms with E-state index in [1.165, 1.54) is 6.33 Å². The van der Waals surface area contributed by atoms with Gasteiger partial charge in [0.05, 0.1) is 11.9 Å². The Labute approximate surface area is 111 Å². The summed E-state index contributed by atoms with van der Waals surface area (Å²) in [6, 6.07) is 3.56. The zero-order valence-corrected chi connectivity index (χ0v) is 10.9. The number of nitrogens with zero attached hydrogens (tertiary/aromatic N) is 4. The van der Waals surface area contributed by atoms with Crippen molar-refractivity contribution in [3.63, 3.8) is 0 Å². The van der Waals surface area contributed by atoms with Crippen LogP contribution in [0.4, 0.5) is 5.69 Å². The standard InChI is InChI=1S/C12H16N6O/c1-9(5-13-2)12(19)17-10-3-4-11(15-6-10)18-8-14-7-16-18/h3-4,6-9,13H,5H2,1-2H3,(H,17,19). The van der Waals surface area contributed by atoms with E-state index in [1.807, 2.05) is 14.0 Å². The first-order valence-electron chi connectivity index (χ1n) is 5.97. The van der Waals surface area contributed by atoms with Crippen LogP contribution in [0, 0.1) is 5.92 Å². The van der Waals surface area contributed by atoms with E-state index in [9.17, 15) is 4.79 Å². The van der Waals surface area contributed by atoms with Crippen LogP contribution in [-0.4, -0.2) is 39.2 Å². The monoisotopic (exact) mass is 260 g/mol. The molecule has 2 heterocycles. The first-order chi connectivity index (χ1) is 9.20. The van der Waals surface area contributed by atoms with Gasteiger partial charge in [-0.2, -0.15) is 5.10 Å². The number of nitrogens with one attached hydrogen (secondary N) is 2. The quantitative estimate of drug-likeness (QED) is 0.815. The number of amides is 1. The fourth-order valence-corrected chi connectivity index (χ4v) is 1.59. The molecule has 0 aliphatic rings. The molecule has 2 aromatic heterocycles. The van der Waals surface area contributed by atoms with E-state index < -0.39 is 0 Å². The van der Waals surface area contributed by atoms with Crippen LogP contribution in [-0.2, 0) is 4.79 Å². The summed E-state index contributed by atoms with van der Waals surface area (Å²) in [5.41, 5.74) is 0.664. The van der Waals surface area contributed by atoms with Crippen LogP contribution in [0.3, 0.4) is 0 Å². The molecule has 0 aliphatic carbocycles. The molecule has 1 unspecified atom stereocenters. The van der Waals surface area contributed by atoms with Crippen LogP contribution in [0.15, 0.2) is 31.0 Å². The number of aromatic nitrogens is 4. The average Bonchev–Trinajstić information content (AvgIpc) is 2.94. The number of anilines is 1. The third-order valence-electron chi connectivity index (χ3n) is 2.63.